The molecule has 2 rings (SSSR count). The minimum absolute atomic E-state index is 0. The van der Waals surface area contributed by atoms with Gasteiger partial charge in [-0.1, -0.05) is 160 Å². The maximum absolute atomic E-state index is 12.2. The Labute approximate surface area is 296 Å². The fourth-order valence-corrected chi connectivity index (χ4v) is 6.67. The summed E-state index contributed by atoms with van der Waals surface area (Å²) in [7, 11) is -4.52. The second-order valence-corrected chi connectivity index (χ2v) is 13.5. The summed E-state index contributed by atoms with van der Waals surface area (Å²) in [6.07, 6.45) is 30.4. The van der Waals surface area contributed by atoms with Crippen molar-refractivity contribution in [3.63, 3.8) is 0 Å². The largest absolute Gasteiger partial charge is 1.00 e. The van der Waals surface area contributed by atoms with Crippen molar-refractivity contribution in [2.24, 2.45) is 0 Å². The van der Waals surface area contributed by atoms with Crippen LogP contribution in [0.4, 0.5) is 0 Å². The van der Waals surface area contributed by atoms with Gasteiger partial charge in [0.15, 0.2) is 0 Å². The molecule has 0 bridgehead atoms. The Morgan fingerprint density at radius 1 is 0.512 bits per heavy atom. The van der Waals surface area contributed by atoms with E-state index in [1.165, 1.54) is 122 Å². The number of unbranched alkanes of at least 4 members (excludes halogenated alkanes) is 20. The molecule has 0 radical (unpaired) electrons. The molecule has 0 saturated carbocycles. The molecule has 0 aromatic heterocycles. The van der Waals surface area contributed by atoms with Gasteiger partial charge >= 0.3 is 51.4 Å². The monoisotopic (exact) mass is 610 g/mol. The van der Waals surface area contributed by atoms with Gasteiger partial charge in [-0.15, -0.1) is 0 Å². The Hall–Kier alpha value is 0.246. The van der Waals surface area contributed by atoms with Crippen LogP contribution in [0.15, 0.2) is 35.2 Å². The zero-order valence-corrected chi connectivity index (χ0v) is 30.9. The molecule has 0 N–H and O–H groups in total. The molecule has 228 valence electrons. The molecular formula is C36H59KO3S. The number of aryl methyl sites for hydroxylation is 2. The SMILES string of the molecule is CCCCCCCCCCCCCc1cc(S(=O)(=O)[O-])c2cc(CCCCCCCCCCCCC)ccc2c1.[K+]. The zero-order chi connectivity index (χ0) is 28.9. The van der Waals surface area contributed by atoms with E-state index in [9.17, 15) is 13.0 Å². The first-order valence-electron chi connectivity index (χ1n) is 17.0. The molecule has 2 aromatic carbocycles. The van der Waals surface area contributed by atoms with E-state index in [2.05, 4.69) is 26.0 Å². The molecule has 41 heavy (non-hydrogen) atoms. The first-order valence-corrected chi connectivity index (χ1v) is 18.4. The van der Waals surface area contributed by atoms with Crippen LogP contribution in [0, 0.1) is 0 Å². The van der Waals surface area contributed by atoms with Crippen LogP contribution >= 0.6 is 0 Å². The summed E-state index contributed by atoms with van der Waals surface area (Å²) >= 11 is 0. The fourth-order valence-electron chi connectivity index (χ4n) is 5.92. The molecule has 0 aliphatic carbocycles. The van der Waals surface area contributed by atoms with Crippen molar-refractivity contribution in [2.45, 2.75) is 173 Å². The van der Waals surface area contributed by atoms with Crippen molar-refractivity contribution < 1.29 is 64.4 Å². The van der Waals surface area contributed by atoms with E-state index >= 15 is 0 Å². The Kier molecular flexibility index (Phi) is 23.5. The average Bonchev–Trinajstić information content (AvgIpc) is 2.93. The van der Waals surface area contributed by atoms with Gasteiger partial charge in [-0.25, -0.2) is 8.42 Å². The number of rotatable bonds is 25. The van der Waals surface area contributed by atoms with E-state index in [4.69, 9.17) is 0 Å². The van der Waals surface area contributed by atoms with Gasteiger partial charge in [-0.05, 0) is 59.7 Å². The molecule has 5 heteroatoms. The van der Waals surface area contributed by atoms with Gasteiger partial charge in [0.1, 0.15) is 10.1 Å². The van der Waals surface area contributed by atoms with Crippen molar-refractivity contribution in [1.82, 2.24) is 0 Å². The van der Waals surface area contributed by atoms with E-state index in [0.29, 0.717) is 5.39 Å². The molecule has 0 aliphatic heterocycles. The maximum Gasteiger partial charge on any atom is 1.00 e. The number of benzene rings is 2. The van der Waals surface area contributed by atoms with Gasteiger partial charge < -0.3 is 4.55 Å². The van der Waals surface area contributed by atoms with E-state index in [1.54, 1.807) is 6.07 Å². The predicted octanol–water partition coefficient (Wildman–Crippen LogP) is 8.45. The first kappa shape index (κ1) is 39.3. The van der Waals surface area contributed by atoms with Gasteiger partial charge in [0.25, 0.3) is 0 Å². The smallest absolute Gasteiger partial charge is 0.744 e. The molecule has 0 saturated heterocycles. The van der Waals surface area contributed by atoms with Gasteiger partial charge in [0.05, 0.1) is 4.90 Å². The van der Waals surface area contributed by atoms with E-state index in [1.807, 2.05) is 12.1 Å². The van der Waals surface area contributed by atoms with Crippen molar-refractivity contribution in [1.29, 1.82) is 0 Å². The van der Waals surface area contributed by atoms with Crippen LogP contribution in [-0.4, -0.2) is 13.0 Å². The predicted molar refractivity (Wildman–Crippen MR) is 172 cm³/mol. The zero-order valence-electron chi connectivity index (χ0n) is 27.0. The molecule has 0 aliphatic rings. The summed E-state index contributed by atoms with van der Waals surface area (Å²) in [5.74, 6) is 0. The van der Waals surface area contributed by atoms with Crippen LogP contribution in [0.3, 0.4) is 0 Å². The summed E-state index contributed by atoms with van der Waals surface area (Å²) in [5, 5.41) is 1.47. The van der Waals surface area contributed by atoms with Gasteiger partial charge in [0, 0.05) is 0 Å². The molecule has 0 heterocycles. The first-order chi connectivity index (χ1) is 19.5. The average molecular weight is 611 g/mol. The normalized spacial score (nSPS) is 11.7. The van der Waals surface area contributed by atoms with Crippen molar-refractivity contribution in [3.8, 4) is 0 Å². The van der Waals surface area contributed by atoms with Crippen LogP contribution in [0.25, 0.3) is 10.8 Å². The second kappa shape index (κ2) is 24.6. The van der Waals surface area contributed by atoms with Crippen LogP contribution in [0.5, 0.6) is 0 Å². The van der Waals surface area contributed by atoms with E-state index in [-0.39, 0.29) is 56.3 Å². The Morgan fingerprint density at radius 2 is 0.902 bits per heavy atom. The number of hydrogen-bond donors (Lipinski definition) is 0. The standard InChI is InChI=1S/C36H60O3S.K/c1-3-5-7-9-11-13-15-17-19-21-23-25-32-27-28-34-29-33(31-36(35(34)30-32)40(37,38)39)26-24-22-20-18-16-14-12-10-8-6-4-2;/h27-31H,3-26H2,1-2H3,(H,37,38,39);/q;+1/p-1. The molecule has 0 unspecified atom stereocenters. The summed E-state index contributed by atoms with van der Waals surface area (Å²) in [6, 6.07) is 9.82. The fraction of sp³-hybridized carbons (Fsp3) is 0.722. The Bertz CT molecular complexity index is 1030. The van der Waals surface area contributed by atoms with Gasteiger partial charge in [-0.3, -0.25) is 0 Å². The van der Waals surface area contributed by atoms with Crippen molar-refractivity contribution in [2.75, 3.05) is 0 Å². The number of fused-ring (bicyclic) bond motifs is 1. The van der Waals surface area contributed by atoms with Crippen LogP contribution in [0.2, 0.25) is 0 Å². The molecule has 0 amide bonds. The Morgan fingerprint density at radius 3 is 1.32 bits per heavy atom. The van der Waals surface area contributed by atoms with Crippen LogP contribution in [0.1, 0.15) is 166 Å². The van der Waals surface area contributed by atoms with Crippen molar-refractivity contribution >= 4 is 20.9 Å². The molecule has 2 aromatic rings. The Balaban J connectivity index is 0.00000840. The molecular weight excluding hydrogens is 552 g/mol. The molecule has 0 fully saturated rings. The molecule has 0 atom stereocenters. The van der Waals surface area contributed by atoms with E-state index < -0.39 is 10.1 Å². The summed E-state index contributed by atoms with van der Waals surface area (Å²) in [5.41, 5.74) is 2.10. The number of hydrogen-bond acceptors (Lipinski definition) is 3. The van der Waals surface area contributed by atoms with Gasteiger partial charge in [0.2, 0.25) is 0 Å². The minimum atomic E-state index is -4.52. The maximum atomic E-state index is 12.2. The third kappa shape index (κ3) is 18.0. The van der Waals surface area contributed by atoms with Gasteiger partial charge in [-0.2, -0.15) is 0 Å². The topological polar surface area (TPSA) is 57.2 Å². The minimum Gasteiger partial charge on any atom is -0.744 e. The molecule has 3 nitrogen and oxygen atoms in total. The van der Waals surface area contributed by atoms with Crippen molar-refractivity contribution in [3.05, 3.63) is 41.5 Å². The third-order valence-corrected chi connectivity index (χ3v) is 9.32. The summed E-state index contributed by atoms with van der Waals surface area (Å²) < 4.78 is 36.5. The summed E-state index contributed by atoms with van der Waals surface area (Å²) in [6.45, 7) is 4.52. The van der Waals surface area contributed by atoms with Crippen LogP contribution < -0.4 is 51.4 Å². The molecule has 0 spiro atoms. The quantitative estimate of drug-likeness (QED) is 0.0644. The second-order valence-electron chi connectivity index (χ2n) is 12.2. The van der Waals surface area contributed by atoms with Crippen LogP contribution in [-0.2, 0) is 23.0 Å². The summed E-state index contributed by atoms with van der Waals surface area (Å²) in [4.78, 5) is -0.0381. The van der Waals surface area contributed by atoms with E-state index in [0.717, 1.165) is 48.6 Å². The third-order valence-electron chi connectivity index (χ3n) is 8.45.